The van der Waals surface area contributed by atoms with E-state index in [1.807, 2.05) is 19.9 Å². The van der Waals surface area contributed by atoms with Crippen molar-refractivity contribution >= 4 is 29.2 Å². The van der Waals surface area contributed by atoms with Crippen molar-refractivity contribution < 1.29 is 14.3 Å². The molecule has 0 aromatic heterocycles. The second-order valence-corrected chi connectivity index (χ2v) is 5.13. The number of anilines is 1. The highest BCUT2D eigenvalue weighted by Crippen LogP contribution is 2.27. The average Bonchev–Trinajstić information content (AvgIpc) is 2.39. The summed E-state index contributed by atoms with van der Waals surface area (Å²) in [5, 5.41) is 6.18. The van der Waals surface area contributed by atoms with Crippen LogP contribution >= 0.6 is 11.6 Å². The van der Waals surface area contributed by atoms with Crippen molar-refractivity contribution in [2.45, 2.75) is 27.2 Å². The summed E-state index contributed by atoms with van der Waals surface area (Å²) >= 11 is 6.12. The van der Waals surface area contributed by atoms with Crippen LogP contribution in [0.2, 0.25) is 5.02 Å². The Morgan fingerprint density at radius 1 is 1.29 bits per heavy atom. The highest BCUT2D eigenvalue weighted by molar-refractivity contribution is 6.34. The number of benzene rings is 1. The third-order valence-electron chi connectivity index (χ3n) is 2.79. The van der Waals surface area contributed by atoms with Crippen molar-refractivity contribution in [1.29, 1.82) is 0 Å². The summed E-state index contributed by atoms with van der Waals surface area (Å²) < 4.78 is 4.79. The Morgan fingerprint density at radius 3 is 2.62 bits per heavy atom. The number of hydrogen-bond acceptors (Lipinski definition) is 4. The minimum atomic E-state index is -0.275. The van der Waals surface area contributed by atoms with Gasteiger partial charge < -0.3 is 15.4 Å². The van der Waals surface area contributed by atoms with Crippen LogP contribution in [-0.4, -0.2) is 31.6 Å². The molecule has 0 unspecified atom stereocenters. The molecule has 0 atom stereocenters. The molecule has 21 heavy (non-hydrogen) atoms. The van der Waals surface area contributed by atoms with E-state index in [4.69, 9.17) is 16.3 Å². The van der Waals surface area contributed by atoms with Gasteiger partial charge in [-0.1, -0.05) is 17.7 Å². The summed E-state index contributed by atoms with van der Waals surface area (Å²) in [6.07, 6.45) is 0.242. The van der Waals surface area contributed by atoms with Crippen molar-refractivity contribution in [3.63, 3.8) is 0 Å². The van der Waals surface area contributed by atoms with Crippen molar-refractivity contribution in [2.75, 3.05) is 25.0 Å². The van der Waals surface area contributed by atoms with Gasteiger partial charge in [0.05, 0.1) is 30.3 Å². The first-order valence-corrected chi connectivity index (χ1v) is 7.24. The van der Waals surface area contributed by atoms with E-state index in [1.165, 1.54) is 0 Å². The first kappa shape index (κ1) is 17.5. The van der Waals surface area contributed by atoms with Gasteiger partial charge in [0, 0.05) is 6.54 Å². The van der Waals surface area contributed by atoms with Crippen LogP contribution in [0.25, 0.3) is 0 Å². The molecule has 0 radical (unpaired) electrons. The van der Waals surface area contributed by atoms with E-state index in [9.17, 15) is 9.59 Å². The van der Waals surface area contributed by atoms with Crippen molar-refractivity contribution in [1.82, 2.24) is 5.32 Å². The lowest BCUT2D eigenvalue weighted by Crippen LogP contribution is -2.30. The topological polar surface area (TPSA) is 67.4 Å². The number of ether oxygens (including phenoxy) is 1. The van der Waals surface area contributed by atoms with Crippen LogP contribution < -0.4 is 10.6 Å². The molecule has 6 heteroatoms. The Balaban J connectivity index is 2.39. The maximum Gasteiger partial charge on any atom is 0.307 e. The normalized spacial score (nSPS) is 10.3. The fourth-order valence-electron chi connectivity index (χ4n) is 1.88. The van der Waals surface area contributed by atoms with E-state index in [2.05, 4.69) is 10.6 Å². The molecule has 0 fully saturated rings. The molecule has 1 aromatic rings. The van der Waals surface area contributed by atoms with Gasteiger partial charge in [-0.15, -0.1) is 0 Å². The molecule has 1 aromatic carbocycles. The lowest BCUT2D eigenvalue weighted by molar-refractivity contribution is -0.143. The zero-order valence-corrected chi connectivity index (χ0v) is 13.3. The van der Waals surface area contributed by atoms with Crippen LogP contribution in [0, 0.1) is 13.8 Å². The van der Waals surface area contributed by atoms with Crippen LogP contribution in [0.3, 0.4) is 0 Å². The third-order valence-corrected chi connectivity index (χ3v) is 3.09. The molecule has 0 spiro atoms. The Morgan fingerprint density at radius 2 is 2.00 bits per heavy atom. The molecule has 5 nitrogen and oxygen atoms in total. The predicted molar refractivity (Wildman–Crippen MR) is 83.7 cm³/mol. The van der Waals surface area contributed by atoms with Gasteiger partial charge in [0.15, 0.2) is 0 Å². The summed E-state index contributed by atoms with van der Waals surface area (Å²) in [7, 11) is 0. The van der Waals surface area contributed by atoms with Gasteiger partial charge in [0.1, 0.15) is 0 Å². The Bertz CT molecular complexity index is 495. The van der Waals surface area contributed by atoms with E-state index in [0.29, 0.717) is 23.9 Å². The first-order chi connectivity index (χ1) is 9.93. The summed E-state index contributed by atoms with van der Waals surface area (Å²) in [6.45, 7) is 6.47. The summed E-state index contributed by atoms with van der Waals surface area (Å²) in [5.74, 6) is -0.476. The Kier molecular flexibility index (Phi) is 7.19. The highest BCUT2D eigenvalue weighted by atomic mass is 35.5. The average molecular weight is 313 g/mol. The lowest BCUT2D eigenvalue weighted by atomic mass is 10.1. The van der Waals surface area contributed by atoms with E-state index in [0.717, 1.165) is 11.1 Å². The van der Waals surface area contributed by atoms with Crippen LogP contribution in [0.5, 0.6) is 0 Å². The van der Waals surface area contributed by atoms with E-state index in [1.54, 1.807) is 13.0 Å². The first-order valence-electron chi connectivity index (χ1n) is 6.87. The summed E-state index contributed by atoms with van der Waals surface area (Å²) in [6, 6.07) is 3.76. The van der Waals surface area contributed by atoms with E-state index < -0.39 is 0 Å². The summed E-state index contributed by atoms with van der Waals surface area (Å²) in [4.78, 5) is 22.9. The molecular formula is C15H21ClN2O3. The number of aryl methyl sites for hydroxylation is 2. The number of carbonyl (C=O) groups is 2. The maximum atomic E-state index is 11.8. The van der Waals surface area contributed by atoms with Crippen molar-refractivity contribution in [3.05, 3.63) is 28.3 Å². The SMILES string of the molecule is CCOC(=O)CCNCC(=O)Nc1c(C)cc(C)cc1Cl. The molecule has 2 N–H and O–H groups in total. The number of nitrogens with one attached hydrogen (secondary N) is 2. The zero-order chi connectivity index (χ0) is 15.8. The smallest absolute Gasteiger partial charge is 0.307 e. The number of hydrogen-bond donors (Lipinski definition) is 2. The minimum Gasteiger partial charge on any atom is -0.466 e. The molecule has 0 saturated heterocycles. The number of carbonyl (C=O) groups excluding carboxylic acids is 2. The standard InChI is InChI=1S/C15H21ClN2O3/c1-4-21-14(20)5-6-17-9-13(19)18-15-11(3)7-10(2)8-12(15)16/h7-8,17H,4-6,9H2,1-3H3,(H,18,19). The van der Waals surface area contributed by atoms with E-state index >= 15 is 0 Å². The van der Waals surface area contributed by atoms with Crippen LogP contribution in [0.1, 0.15) is 24.5 Å². The van der Waals surface area contributed by atoms with Crippen molar-refractivity contribution in [2.24, 2.45) is 0 Å². The van der Waals surface area contributed by atoms with Gasteiger partial charge in [-0.2, -0.15) is 0 Å². The van der Waals surface area contributed by atoms with Gasteiger partial charge in [-0.25, -0.2) is 0 Å². The molecule has 0 saturated carbocycles. The van der Waals surface area contributed by atoms with Crippen LogP contribution in [0.15, 0.2) is 12.1 Å². The number of rotatable bonds is 7. The number of esters is 1. The lowest BCUT2D eigenvalue weighted by Gasteiger charge is -2.12. The van der Waals surface area contributed by atoms with Gasteiger partial charge in [0.25, 0.3) is 0 Å². The number of halogens is 1. The van der Waals surface area contributed by atoms with Gasteiger partial charge in [-0.3, -0.25) is 9.59 Å². The maximum absolute atomic E-state index is 11.8. The quantitative estimate of drug-likeness (QED) is 0.599. The second kappa shape index (κ2) is 8.64. The molecule has 0 aliphatic carbocycles. The fourth-order valence-corrected chi connectivity index (χ4v) is 2.25. The van der Waals surface area contributed by atoms with Crippen LogP contribution in [0.4, 0.5) is 5.69 Å². The molecule has 0 aliphatic heterocycles. The Labute approximate surface area is 130 Å². The highest BCUT2D eigenvalue weighted by Gasteiger charge is 2.09. The molecule has 0 heterocycles. The van der Waals surface area contributed by atoms with Crippen LogP contribution in [-0.2, 0) is 14.3 Å². The number of amides is 1. The second-order valence-electron chi connectivity index (χ2n) is 4.72. The molecule has 1 rings (SSSR count). The molecule has 116 valence electrons. The van der Waals surface area contributed by atoms with Crippen molar-refractivity contribution in [3.8, 4) is 0 Å². The monoisotopic (exact) mass is 312 g/mol. The molecule has 0 bridgehead atoms. The molecular weight excluding hydrogens is 292 g/mol. The molecule has 1 amide bonds. The largest absolute Gasteiger partial charge is 0.466 e. The van der Waals surface area contributed by atoms with Gasteiger partial charge >= 0.3 is 5.97 Å². The minimum absolute atomic E-state index is 0.114. The zero-order valence-electron chi connectivity index (χ0n) is 12.6. The molecule has 0 aliphatic rings. The predicted octanol–water partition coefficient (Wildman–Crippen LogP) is 2.44. The summed E-state index contributed by atoms with van der Waals surface area (Å²) in [5.41, 5.74) is 2.59. The van der Waals surface area contributed by atoms with Gasteiger partial charge in [0.2, 0.25) is 5.91 Å². The third kappa shape index (κ3) is 6.14. The fraction of sp³-hybridized carbons (Fsp3) is 0.467. The van der Waals surface area contributed by atoms with E-state index in [-0.39, 0.29) is 24.8 Å². The van der Waals surface area contributed by atoms with Gasteiger partial charge in [-0.05, 0) is 38.0 Å². The Hall–Kier alpha value is -1.59.